The predicted molar refractivity (Wildman–Crippen MR) is 124 cm³/mol. The molecule has 0 saturated heterocycles. The molecule has 3 amide bonds. The van der Waals surface area contributed by atoms with Crippen molar-refractivity contribution in [1.82, 2.24) is 20.0 Å². The Hall–Kier alpha value is -4.14. The van der Waals surface area contributed by atoms with Gasteiger partial charge in [0.05, 0.1) is 12.3 Å². The fourth-order valence-corrected chi connectivity index (χ4v) is 3.05. The van der Waals surface area contributed by atoms with E-state index in [1.807, 2.05) is 30.3 Å². The molecule has 172 valence electrons. The Bertz CT molecular complexity index is 1080. The predicted octanol–water partition coefficient (Wildman–Crippen LogP) is 3.22. The summed E-state index contributed by atoms with van der Waals surface area (Å²) in [5.74, 6) is -0.684. The topological polar surface area (TPSA) is 106 Å². The van der Waals surface area contributed by atoms with Crippen molar-refractivity contribution in [3.05, 3.63) is 78.1 Å². The van der Waals surface area contributed by atoms with Crippen LogP contribution in [0.25, 0.3) is 5.69 Å². The fourth-order valence-electron chi connectivity index (χ4n) is 3.05. The molecule has 0 bridgehead atoms. The van der Waals surface area contributed by atoms with Crippen molar-refractivity contribution in [2.45, 2.75) is 19.9 Å². The Morgan fingerprint density at radius 1 is 1.03 bits per heavy atom. The quantitative estimate of drug-likeness (QED) is 0.488. The average molecular weight is 450 g/mol. The van der Waals surface area contributed by atoms with Gasteiger partial charge in [-0.15, -0.1) is 0 Å². The summed E-state index contributed by atoms with van der Waals surface area (Å²) in [6, 6.07) is 18.1. The van der Waals surface area contributed by atoms with Crippen LogP contribution in [0.2, 0.25) is 0 Å². The molecule has 3 aromatic rings. The number of urea groups is 1. The molecular weight excluding hydrogens is 422 g/mol. The van der Waals surface area contributed by atoms with E-state index < -0.39 is 5.97 Å². The first kappa shape index (κ1) is 23.5. The second-order valence-electron chi connectivity index (χ2n) is 7.28. The highest BCUT2D eigenvalue weighted by Crippen LogP contribution is 2.14. The number of nitrogens with one attached hydrogen (secondary N) is 2. The van der Waals surface area contributed by atoms with Crippen LogP contribution >= 0.6 is 0 Å². The van der Waals surface area contributed by atoms with Gasteiger partial charge in [0.1, 0.15) is 0 Å². The zero-order valence-electron chi connectivity index (χ0n) is 18.7. The Kier molecular flexibility index (Phi) is 8.18. The van der Waals surface area contributed by atoms with Crippen LogP contribution in [0.3, 0.4) is 0 Å². The van der Waals surface area contributed by atoms with Gasteiger partial charge in [0.15, 0.2) is 5.69 Å². The molecule has 0 aliphatic carbocycles. The van der Waals surface area contributed by atoms with E-state index in [0.717, 1.165) is 11.3 Å². The SMILES string of the molecule is CCOC(=O)c1ccn(-c2ccc(NC(=O)CCNC(=O)N(C)Cc3ccccc3)cc2)n1. The van der Waals surface area contributed by atoms with Crippen LogP contribution < -0.4 is 10.6 Å². The van der Waals surface area contributed by atoms with Crippen LogP contribution in [0, 0.1) is 0 Å². The fraction of sp³-hybridized carbons (Fsp3) is 0.250. The molecule has 0 aliphatic heterocycles. The summed E-state index contributed by atoms with van der Waals surface area (Å²) in [6.07, 6.45) is 1.81. The van der Waals surface area contributed by atoms with Gasteiger partial charge in [-0.3, -0.25) is 4.79 Å². The minimum absolute atomic E-state index is 0.148. The van der Waals surface area contributed by atoms with Crippen molar-refractivity contribution < 1.29 is 19.1 Å². The highest BCUT2D eigenvalue weighted by atomic mass is 16.5. The van der Waals surface area contributed by atoms with Crippen LogP contribution in [0.5, 0.6) is 0 Å². The second-order valence-corrected chi connectivity index (χ2v) is 7.28. The minimum Gasteiger partial charge on any atom is -0.461 e. The number of benzene rings is 2. The maximum atomic E-state index is 12.2. The Labute approximate surface area is 192 Å². The molecule has 0 unspecified atom stereocenters. The van der Waals surface area contributed by atoms with E-state index in [9.17, 15) is 14.4 Å². The summed E-state index contributed by atoms with van der Waals surface area (Å²) in [7, 11) is 1.71. The first-order chi connectivity index (χ1) is 16.0. The van der Waals surface area contributed by atoms with Crippen LogP contribution in [0.15, 0.2) is 66.9 Å². The van der Waals surface area contributed by atoms with E-state index >= 15 is 0 Å². The number of ether oxygens (including phenoxy) is 1. The zero-order valence-corrected chi connectivity index (χ0v) is 18.7. The summed E-state index contributed by atoms with van der Waals surface area (Å²) in [5.41, 5.74) is 2.61. The van der Waals surface area contributed by atoms with Crippen LogP contribution in [0.1, 0.15) is 29.4 Å². The maximum Gasteiger partial charge on any atom is 0.358 e. The van der Waals surface area contributed by atoms with E-state index in [4.69, 9.17) is 4.74 Å². The van der Waals surface area contributed by atoms with Crippen molar-refractivity contribution in [2.24, 2.45) is 0 Å². The molecule has 33 heavy (non-hydrogen) atoms. The lowest BCUT2D eigenvalue weighted by Gasteiger charge is -2.18. The molecule has 0 radical (unpaired) electrons. The first-order valence-corrected chi connectivity index (χ1v) is 10.6. The van der Waals surface area contributed by atoms with Gasteiger partial charge in [0.2, 0.25) is 5.91 Å². The van der Waals surface area contributed by atoms with Gasteiger partial charge in [-0.25, -0.2) is 14.3 Å². The third-order valence-corrected chi connectivity index (χ3v) is 4.73. The molecule has 0 saturated carbocycles. The van der Waals surface area contributed by atoms with Crippen molar-refractivity contribution in [3.8, 4) is 5.69 Å². The molecule has 0 atom stereocenters. The molecule has 0 aliphatic rings. The number of carbonyl (C=O) groups is 3. The monoisotopic (exact) mass is 449 g/mol. The zero-order chi connectivity index (χ0) is 23.6. The van der Waals surface area contributed by atoms with E-state index in [2.05, 4.69) is 15.7 Å². The summed E-state index contributed by atoms with van der Waals surface area (Å²) in [5, 5.41) is 9.74. The summed E-state index contributed by atoms with van der Waals surface area (Å²) < 4.78 is 6.49. The maximum absolute atomic E-state index is 12.2. The summed E-state index contributed by atoms with van der Waals surface area (Å²) in [4.78, 5) is 37.7. The van der Waals surface area contributed by atoms with E-state index in [1.165, 1.54) is 0 Å². The van der Waals surface area contributed by atoms with E-state index in [0.29, 0.717) is 12.2 Å². The third-order valence-electron chi connectivity index (χ3n) is 4.73. The Morgan fingerprint density at radius 2 is 1.76 bits per heavy atom. The number of aromatic nitrogens is 2. The van der Waals surface area contributed by atoms with Gasteiger partial charge < -0.3 is 20.3 Å². The summed E-state index contributed by atoms with van der Waals surface area (Å²) >= 11 is 0. The largest absolute Gasteiger partial charge is 0.461 e. The van der Waals surface area contributed by atoms with Gasteiger partial charge in [-0.05, 0) is 42.8 Å². The van der Waals surface area contributed by atoms with E-state index in [1.54, 1.807) is 60.1 Å². The smallest absolute Gasteiger partial charge is 0.358 e. The lowest BCUT2D eigenvalue weighted by atomic mass is 10.2. The number of hydrogen-bond donors (Lipinski definition) is 2. The van der Waals surface area contributed by atoms with Crippen LogP contribution in [-0.2, 0) is 16.1 Å². The number of rotatable bonds is 9. The second kappa shape index (κ2) is 11.5. The van der Waals surface area contributed by atoms with Crippen LogP contribution in [0.4, 0.5) is 10.5 Å². The molecule has 2 N–H and O–H groups in total. The molecule has 1 aromatic heterocycles. The number of amides is 3. The molecule has 2 aromatic carbocycles. The number of anilines is 1. The van der Waals surface area contributed by atoms with Gasteiger partial charge in [-0.1, -0.05) is 30.3 Å². The number of carbonyl (C=O) groups excluding carboxylic acids is 3. The summed E-state index contributed by atoms with van der Waals surface area (Å²) in [6.45, 7) is 2.74. The van der Waals surface area contributed by atoms with Crippen LogP contribution in [-0.4, -0.2) is 52.8 Å². The standard InChI is InChI=1S/C24H27N5O4/c1-3-33-23(31)21-14-16-29(27-21)20-11-9-19(10-12-20)26-22(30)13-15-25-24(32)28(2)17-18-7-5-4-6-8-18/h4-12,14,16H,3,13,15,17H2,1-2H3,(H,25,32)(H,26,30). The van der Waals surface area contributed by atoms with Crippen molar-refractivity contribution in [1.29, 1.82) is 0 Å². The van der Waals surface area contributed by atoms with Gasteiger partial charge in [0, 0.05) is 38.4 Å². The number of esters is 1. The minimum atomic E-state index is -0.474. The van der Waals surface area contributed by atoms with Crippen molar-refractivity contribution >= 4 is 23.6 Å². The molecule has 3 rings (SSSR count). The molecule has 1 heterocycles. The van der Waals surface area contributed by atoms with Crippen molar-refractivity contribution in [2.75, 3.05) is 25.5 Å². The molecule has 9 nitrogen and oxygen atoms in total. The van der Waals surface area contributed by atoms with Gasteiger partial charge in [-0.2, -0.15) is 5.10 Å². The third kappa shape index (κ3) is 6.93. The van der Waals surface area contributed by atoms with Gasteiger partial charge in [0.25, 0.3) is 0 Å². The highest BCUT2D eigenvalue weighted by molar-refractivity contribution is 5.91. The molecular formula is C24H27N5O4. The number of hydrogen-bond acceptors (Lipinski definition) is 5. The van der Waals surface area contributed by atoms with E-state index in [-0.39, 0.29) is 37.2 Å². The lowest BCUT2D eigenvalue weighted by molar-refractivity contribution is -0.116. The number of nitrogens with zero attached hydrogens (tertiary/aromatic N) is 3. The highest BCUT2D eigenvalue weighted by Gasteiger charge is 2.12. The molecule has 0 fully saturated rings. The Balaban J connectivity index is 1.43. The molecule has 0 spiro atoms. The van der Waals surface area contributed by atoms with Crippen molar-refractivity contribution in [3.63, 3.8) is 0 Å². The molecule has 9 heteroatoms. The average Bonchev–Trinajstić information content (AvgIpc) is 3.31. The Morgan fingerprint density at radius 3 is 2.45 bits per heavy atom. The normalized spacial score (nSPS) is 10.4. The first-order valence-electron chi connectivity index (χ1n) is 10.6. The van der Waals surface area contributed by atoms with Gasteiger partial charge >= 0.3 is 12.0 Å². The lowest BCUT2D eigenvalue weighted by Crippen LogP contribution is -2.38.